The van der Waals surface area contributed by atoms with Crippen molar-refractivity contribution in [3.05, 3.63) is 65.2 Å². The van der Waals surface area contributed by atoms with Gasteiger partial charge in [0, 0.05) is 5.56 Å². The van der Waals surface area contributed by atoms with E-state index in [0.29, 0.717) is 22.8 Å². The summed E-state index contributed by atoms with van der Waals surface area (Å²) in [5, 5.41) is 14.2. The number of allylic oxidation sites excluding steroid dienone is 2. The first-order valence-corrected chi connectivity index (χ1v) is 11.2. The highest BCUT2D eigenvalue weighted by atomic mass is 16.5. The van der Waals surface area contributed by atoms with E-state index in [4.69, 9.17) is 19.3 Å². The lowest BCUT2D eigenvalue weighted by molar-refractivity contribution is -0.140. The van der Waals surface area contributed by atoms with E-state index in [1.54, 1.807) is 24.3 Å². The summed E-state index contributed by atoms with van der Waals surface area (Å²) in [4.78, 5) is 36.7. The molecule has 2 fully saturated rings. The number of hydrazone groups is 1. The van der Waals surface area contributed by atoms with Crippen LogP contribution in [0.25, 0.3) is 0 Å². The van der Waals surface area contributed by atoms with E-state index in [9.17, 15) is 14.4 Å². The van der Waals surface area contributed by atoms with Gasteiger partial charge in [-0.3, -0.25) is 9.59 Å². The third kappa shape index (κ3) is 3.92. The summed E-state index contributed by atoms with van der Waals surface area (Å²) in [6.45, 7) is 0.163. The number of benzene rings is 2. The molecule has 5 rings (SSSR count). The van der Waals surface area contributed by atoms with Crippen LogP contribution >= 0.6 is 0 Å². The molecule has 3 aliphatic rings. The summed E-state index contributed by atoms with van der Waals surface area (Å²) < 4.78 is 16.9. The summed E-state index contributed by atoms with van der Waals surface area (Å²) in [7, 11) is 2.98. The second-order valence-corrected chi connectivity index (χ2v) is 8.78. The largest absolute Gasteiger partial charge is 0.493 e. The Morgan fingerprint density at radius 3 is 2.11 bits per heavy atom. The monoisotopic (exact) mass is 476 g/mol. The Morgan fingerprint density at radius 2 is 1.60 bits per heavy atom. The molecule has 4 atom stereocenters. The first kappa shape index (κ1) is 22.6. The average molecular weight is 476 g/mol. The van der Waals surface area contributed by atoms with E-state index < -0.39 is 5.97 Å². The fourth-order valence-corrected chi connectivity index (χ4v) is 5.14. The molecule has 180 valence electrons. The quantitative estimate of drug-likeness (QED) is 0.354. The molecule has 2 aromatic rings. The van der Waals surface area contributed by atoms with Gasteiger partial charge in [-0.25, -0.2) is 4.79 Å². The van der Waals surface area contributed by atoms with Crippen LogP contribution in [0.3, 0.4) is 0 Å². The van der Waals surface area contributed by atoms with Gasteiger partial charge in [0.25, 0.3) is 11.8 Å². The van der Waals surface area contributed by atoms with Crippen LogP contribution in [0.5, 0.6) is 17.2 Å². The molecule has 1 saturated heterocycles. The summed E-state index contributed by atoms with van der Waals surface area (Å²) in [5.41, 5.74) is 1.52. The van der Waals surface area contributed by atoms with Crippen LogP contribution in [0.2, 0.25) is 0 Å². The zero-order valence-electron chi connectivity index (χ0n) is 19.2. The number of aromatic carboxylic acids is 1. The molecule has 0 aromatic heterocycles. The number of rotatable bonds is 8. The van der Waals surface area contributed by atoms with Crippen LogP contribution in [0, 0.1) is 23.7 Å². The highest BCUT2D eigenvalue weighted by Crippen LogP contribution is 2.52. The van der Waals surface area contributed by atoms with Gasteiger partial charge < -0.3 is 19.3 Å². The number of amides is 2. The van der Waals surface area contributed by atoms with Gasteiger partial charge in [-0.15, -0.1) is 0 Å². The predicted molar refractivity (Wildman–Crippen MR) is 124 cm³/mol. The minimum absolute atomic E-state index is 0.124. The van der Waals surface area contributed by atoms with Crippen molar-refractivity contribution in [2.75, 3.05) is 14.2 Å². The van der Waals surface area contributed by atoms with Crippen LogP contribution in [0.1, 0.15) is 27.9 Å². The summed E-state index contributed by atoms with van der Waals surface area (Å²) in [5.74, 6) is -0.739. The van der Waals surface area contributed by atoms with E-state index in [-0.39, 0.29) is 47.7 Å². The third-order valence-electron chi connectivity index (χ3n) is 6.84. The number of imide groups is 1. The van der Waals surface area contributed by atoms with Gasteiger partial charge in [0.15, 0.2) is 11.5 Å². The molecule has 1 N–H and O–H groups in total. The molecule has 35 heavy (non-hydrogen) atoms. The molecule has 1 saturated carbocycles. The summed E-state index contributed by atoms with van der Waals surface area (Å²) in [6, 6.07) is 9.70. The van der Waals surface area contributed by atoms with Crippen molar-refractivity contribution >= 4 is 24.0 Å². The average Bonchev–Trinajstić information content (AvgIpc) is 3.55. The first-order chi connectivity index (χ1) is 16.9. The predicted octanol–water partition coefficient (Wildman–Crippen LogP) is 3.12. The highest BCUT2D eigenvalue weighted by Gasteiger charge is 2.59. The molecule has 4 unspecified atom stereocenters. The number of ether oxygens (including phenoxy) is 3. The van der Waals surface area contributed by atoms with Crippen LogP contribution in [-0.4, -0.2) is 48.3 Å². The number of carboxylic acids is 1. The molecule has 1 aliphatic heterocycles. The van der Waals surface area contributed by atoms with Gasteiger partial charge in [-0.1, -0.05) is 24.3 Å². The Labute approximate surface area is 201 Å². The maximum absolute atomic E-state index is 12.8. The second kappa shape index (κ2) is 8.90. The molecule has 1 heterocycles. The Hall–Kier alpha value is -4.14. The standard InChI is InChI=1S/C26H24N2O7/c1-33-19-9-15(12-27-28-24(29)21-17-7-8-18(11-17)22(21)25(28)30)10-20(34-2)23(19)35-13-14-3-5-16(6-4-14)26(31)32/h3-10,12,17-18,21-22H,11,13H2,1-2H3,(H,31,32). The minimum Gasteiger partial charge on any atom is -0.493 e. The van der Waals surface area contributed by atoms with E-state index in [1.165, 1.54) is 32.6 Å². The first-order valence-electron chi connectivity index (χ1n) is 11.2. The molecule has 0 radical (unpaired) electrons. The third-order valence-corrected chi connectivity index (χ3v) is 6.84. The normalized spacial score (nSPS) is 24.3. The SMILES string of the molecule is COc1cc(C=NN2C(=O)C3C4C=CC(C4)C3C2=O)cc(OC)c1OCc1ccc(C(=O)O)cc1. The number of carboxylic acid groups (broad SMARTS) is 1. The van der Waals surface area contributed by atoms with Crippen molar-refractivity contribution in [2.45, 2.75) is 13.0 Å². The smallest absolute Gasteiger partial charge is 0.335 e. The number of nitrogens with zero attached hydrogens (tertiary/aromatic N) is 2. The van der Waals surface area contributed by atoms with Crippen molar-refractivity contribution in [1.29, 1.82) is 0 Å². The molecule has 0 spiro atoms. The number of methoxy groups -OCH3 is 2. The van der Waals surface area contributed by atoms with Crippen molar-refractivity contribution in [3.63, 3.8) is 0 Å². The lowest BCUT2D eigenvalue weighted by Gasteiger charge is -2.16. The van der Waals surface area contributed by atoms with Crippen molar-refractivity contribution in [2.24, 2.45) is 28.8 Å². The van der Waals surface area contributed by atoms with Gasteiger partial charge in [0.2, 0.25) is 5.75 Å². The minimum atomic E-state index is -0.998. The zero-order chi connectivity index (χ0) is 24.7. The molecule has 2 amide bonds. The number of carbonyl (C=O) groups excluding carboxylic acids is 2. The molecule has 2 aromatic carbocycles. The lowest BCUT2D eigenvalue weighted by Crippen LogP contribution is -2.28. The summed E-state index contributed by atoms with van der Waals surface area (Å²) in [6.07, 6.45) is 6.38. The van der Waals surface area contributed by atoms with Crippen LogP contribution in [0.4, 0.5) is 0 Å². The molecule has 2 bridgehead atoms. The number of fused-ring (bicyclic) bond motifs is 5. The Kier molecular flexibility index (Phi) is 5.76. The Balaban J connectivity index is 1.33. The number of hydrogen-bond donors (Lipinski definition) is 1. The van der Waals surface area contributed by atoms with Gasteiger partial charge >= 0.3 is 5.97 Å². The molecule has 2 aliphatic carbocycles. The van der Waals surface area contributed by atoms with E-state index in [2.05, 4.69) is 5.10 Å². The van der Waals surface area contributed by atoms with Crippen molar-refractivity contribution < 1.29 is 33.7 Å². The van der Waals surface area contributed by atoms with Crippen LogP contribution in [-0.2, 0) is 16.2 Å². The van der Waals surface area contributed by atoms with E-state index >= 15 is 0 Å². The maximum atomic E-state index is 12.8. The number of hydrogen-bond acceptors (Lipinski definition) is 7. The number of carbonyl (C=O) groups is 3. The molecular formula is C26H24N2O7. The second-order valence-electron chi connectivity index (χ2n) is 8.78. The Bertz CT molecular complexity index is 1200. The van der Waals surface area contributed by atoms with Gasteiger partial charge in [-0.05, 0) is 48.1 Å². The fraction of sp³-hybridized carbons (Fsp3) is 0.308. The Morgan fingerprint density at radius 1 is 1.03 bits per heavy atom. The highest BCUT2D eigenvalue weighted by molar-refractivity contribution is 6.06. The zero-order valence-corrected chi connectivity index (χ0v) is 19.2. The fourth-order valence-electron chi connectivity index (χ4n) is 5.14. The summed E-state index contributed by atoms with van der Waals surface area (Å²) >= 11 is 0. The topological polar surface area (TPSA) is 115 Å². The van der Waals surface area contributed by atoms with Crippen LogP contribution in [0.15, 0.2) is 53.7 Å². The maximum Gasteiger partial charge on any atom is 0.335 e. The van der Waals surface area contributed by atoms with Crippen molar-refractivity contribution in [1.82, 2.24) is 5.01 Å². The molecule has 9 heteroatoms. The van der Waals surface area contributed by atoms with E-state index in [0.717, 1.165) is 17.0 Å². The lowest BCUT2D eigenvalue weighted by atomic mass is 9.85. The molecule has 9 nitrogen and oxygen atoms in total. The molecular weight excluding hydrogens is 452 g/mol. The van der Waals surface area contributed by atoms with Crippen LogP contribution < -0.4 is 14.2 Å². The van der Waals surface area contributed by atoms with E-state index in [1.807, 2.05) is 12.2 Å². The van der Waals surface area contributed by atoms with Gasteiger partial charge in [-0.2, -0.15) is 10.1 Å². The van der Waals surface area contributed by atoms with Gasteiger partial charge in [0.05, 0.1) is 37.8 Å². The van der Waals surface area contributed by atoms with Crippen molar-refractivity contribution in [3.8, 4) is 17.2 Å². The van der Waals surface area contributed by atoms with Gasteiger partial charge in [0.1, 0.15) is 6.61 Å².